The molecule has 0 aliphatic heterocycles. The summed E-state index contributed by atoms with van der Waals surface area (Å²) in [6.45, 7) is 4.65. The summed E-state index contributed by atoms with van der Waals surface area (Å²) in [5.41, 5.74) is 1.15. The van der Waals surface area contributed by atoms with Crippen molar-refractivity contribution in [2.75, 3.05) is 20.2 Å². The van der Waals surface area contributed by atoms with E-state index in [0.717, 1.165) is 46.3 Å². The van der Waals surface area contributed by atoms with Crippen LogP contribution in [0.1, 0.15) is 12.5 Å². The lowest BCUT2D eigenvalue weighted by atomic mass is 10.2. The summed E-state index contributed by atoms with van der Waals surface area (Å²) in [5, 5.41) is 15.9. The molecule has 0 atom stereocenters. The molecule has 2 aromatic rings. The highest BCUT2D eigenvalue weighted by atomic mass is 79.9. The molecular weight excluding hydrogens is 354 g/mol. The molecule has 8 heteroatoms. The first kappa shape index (κ1) is 16.3. The predicted molar refractivity (Wildman–Crippen MR) is 86.6 cm³/mol. The van der Waals surface area contributed by atoms with Crippen molar-refractivity contribution in [3.63, 3.8) is 0 Å². The zero-order valence-corrected chi connectivity index (χ0v) is 14.4. The van der Waals surface area contributed by atoms with Crippen LogP contribution in [0.25, 0.3) is 0 Å². The fraction of sp³-hybridized carbons (Fsp3) is 0.462. The number of ether oxygens (including phenoxy) is 1. The number of tetrazole rings is 1. The van der Waals surface area contributed by atoms with Gasteiger partial charge in [0.1, 0.15) is 5.75 Å². The van der Waals surface area contributed by atoms with Crippen molar-refractivity contribution in [2.45, 2.75) is 24.4 Å². The molecule has 2 rings (SSSR count). The van der Waals surface area contributed by atoms with E-state index in [0.29, 0.717) is 0 Å². The first-order valence-electron chi connectivity index (χ1n) is 6.66. The molecule has 6 nitrogen and oxygen atoms in total. The molecule has 0 fully saturated rings. The largest absolute Gasteiger partial charge is 0.497 e. The third kappa shape index (κ3) is 4.69. The van der Waals surface area contributed by atoms with Gasteiger partial charge in [0.15, 0.2) is 0 Å². The van der Waals surface area contributed by atoms with Gasteiger partial charge in [-0.2, -0.15) is 0 Å². The Hall–Kier alpha value is -1.12. The number of rotatable bonds is 8. The molecule has 0 saturated carbocycles. The Balaban J connectivity index is 1.98. The standard InChI is InChI=1S/C13H18BrN5OS/c1-3-15-6-7-19-13(16-17-18-19)21-9-10-8-11(20-2)4-5-12(10)14/h4-5,8,15H,3,6-7,9H2,1-2H3. The second-order valence-electron chi connectivity index (χ2n) is 4.28. The summed E-state index contributed by atoms with van der Waals surface area (Å²) in [6.07, 6.45) is 0. The molecule has 1 heterocycles. The van der Waals surface area contributed by atoms with Gasteiger partial charge in [-0.25, -0.2) is 4.68 Å². The monoisotopic (exact) mass is 371 g/mol. The van der Waals surface area contributed by atoms with Crippen molar-refractivity contribution < 1.29 is 4.74 Å². The smallest absolute Gasteiger partial charge is 0.209 e. The SMILES string of the molecule is CCNCCn1nnnc1SCc1cc(OC)ccc1Br. The number of benzene rings is 1. The first-order valence-corrected chi connectivity index (χ1v) is 8.44. The number of thioether (sulfide) groups is 1. The second kappa shape index (κ2) is 8.35. The lowest BCUT2D eigenvalue weighted by Gasteiger charge is -2.07. The average Bonchev–Trinajstić information content (AvgIpc) is 2.94. The van der Waals surface area contributed by atoms with Gasteiger partial charge in [-0.15, -0.1) is 5.10 Å². The quantitative estimate of drug-likeness (QED) is 0.567. The van der Waals surface area contributed by atoms with Crippen LogP contribution in [0.3, 0.4) is 0 Å². The van der Waals surface area contributed by atoms with Crippen molar-refractivity contribution in [1.82, 2.24) is 25.5 Å². The van der Waals surface area contributed by atoms with Gasteiger partial charge in [0.05, 0.1) is 13.7 Å². The Bertz CT molecular complexity index is 577. The number of halogens is 1. The number of hydrogen-bond donors (Lipinski definition) is 1. The van der Waals surface area contributed by atoms with Crippen LogP contribution in [0.4, 0.5) is 0 Å². The van der Waals surface area contributed by atoms with Gasteiger partial charge in [0.25, 0.3) is 0 Å². The summed E-state index contributed by atoms with van der Waals surface area (Å²) in [4.78, 5) is 0. The van der Waals surface area contributed by atoms with Crippen LogP contribution in [0.5, 0.6) is 5.75 Å². The van der Waals surface area contributed by atoms with Crippen LogP contribution in [-0.4, -0.2) is 40.4 Å². The van der Waals surface area contributed by atoms with E-state index in [2.05, 4.69) is 43.7 Å². The van der Waals surface area contributed by atoms with Crippen LogP contribution in [-0.2, 0) is 12.3 Å². The topological polar surface area (TPSA) is 64.9 Å². The molecule has 1 aromatic heterocycles. The summed E-state index contributed by atoms with van der Waals surface area (Å²) < 4.78 is 8.13. The van der Waals surface area contributed by atoms with Crippen LogP contribution in [0, 0.1) is 0 Å². The van der Waals surface area contributed by atoms with E-state index in [1.807, 2.05) is 22.9 Å². The molecule has 0 bridgehead atoms. The zero-order valence-electron chi connectivity index (χ0n) is 12.0. The van der Waals surface area contributed by atoms with E-state index >= 15 is 0 Å². The normalized spacial score (nSPS) is 10.8. The van der Waals surface area contributed by atoms with E-state index in [1.54, 1.807) is 18.9 Å². The number of likely N-dealkylation sites (N-methyl/N-ethyl adjacent to an activating group) is 1. The molecule has 0 amide bonds. The Labute approximate surface area is 136 Å². The highest BCUT2D eigenvalue weighted by Gasteiger charge is 2.09. The van der Waals surface area contributed by atoms with Gasteiger partial charge in [-0.1, -0.05) is 34.6 Å². The molecule has 0 aliphatic carbocycles. The molecular formula is C13H18BrN5OS. The Morgan fingerprint density at radius 2 is 2.29 bits per heavy atom. The van der Waals surface area contributed by atoms with E-state index in [1.165, 1.54) is 0 Å². The fourth-order valence-electron chi connectivity index (χ4n) is 1.73. The summed E-state index contributed by atoms with van der Waals surface area (Å²) >= 11 is 5.17. The Kier molecular flexibility index (Phi) is 6.47. The summed E-state index contributed by atoms with van der Waals surface area (Å²) in [6, 6.07) is 5.94. The van der Waals surface area contributed by atoms with Crippen molar-refractivity contribution in [1.29, 1.82) is 0 Å². The molecule has 21 heavy (non-hydrogen) atoms. The van der Waals surface area contributed by atoms with E-state index in [9.17, 15) is 0 Å². The third-order valence-electron chi connectivity index (χ3n) is 2.86. The lowest BCUT2D eigenvalue weighted by molar-refractivity contribution is 0.414. The zero-order chi connectivity index (χ0) is 15.1. The molecule has 114 valence electrons. The van der Waals surface area contributed by atoms with Gasteiger partial charge in [0, 0.05) is 16.8 Å². The van der Waals surface area contributed by atoms with Gasteiger partial charge >= 0.3 is 0 Å². The second-order valence-corrected chi connectivity index (χ2v) is 6.08. The Morgan fingerprint density at radius 3 is 3.05 bits per heavy atom. The number of aromatic nitrogens is 4. The van der Waals surface area contributed by atoms with E-state index < -0.39 is 0 Å². The minimum absolute atomic E-state index is 0.766. The first-order chi connectivity index (χ1) is 10.2. The number of nitrogens with one attached hydrogen (secondary N) is 1. The summed E-state index contributed by atoms with van der Waals surface area (Å²) in [5.74, 6) is 1.62. The molecule has 0 unspecified atom stereocenters. The molecule has 0 spiro atoms. The van der Waals surface area contributed by atoms with Crippen LogP contribution >= 0.6 is 27.7 Å². The van der Waals surface area contributed by atoms with Gasteiger partial charge in [-0.3, -0.25) is 0 Å². The number of nitrogens with zero attached hydrogens (tertiary/aromatic N) is 4. The molecule has 1 aromatic carbocycles. The predicted octanol–water partition coefficient (Wildman–Crippen LogP) is 2.35. The van der Waals surface area contributed by atoms with Crippen LogP contribution < -0.4 is 10.1 Å². The minimum atomic E-state index is 0.766. The van der Waals surface area contributed by atoms with Crippen molar-refractivity contribution in [3.05, 3.63) is 28.2 Å². The van der Waals surface area contributed by atoms with Crippen molar-refractivity contribution in [3.8, 4) is 5.75 Å². The van der Waals surface area contributed by atoms with Gasteiger partial charge in [0.2, 0.25) is 5.16 Å². The third-order valence-corrected chi connectivity index (χ3v) is 4.64. The molecule has 1 N–H and O–H groups in total. The van der Waals surface area contributed by atoms with E-state index in [-0.39, 0.29) is 0 Å². The van der Waals surface area contributed by atoms with Gasteiger partial charge in [-0.05, 0) is 40.7 Å². The molecule has 0 aliphatic rings. The molecule has 0 radical (unpaired) electrons. The number of methoxy groups -OCH3 is 1. The Morgan fingerprint density at radius 1 is 1.43 bits per heavy atom. The highest BCUT2D eigenvalue weighted by molar-refractivity contribution is 9.10. The average molecular weight is 372 g/mol. The highest BCUT2D eigenvalue weighted by Crippen LogP contribution is 2.28. The van der Waals surface area contributed by atoms with Crippen molar-refractivity contribution in [2.24, 2.45) is 0 Å². The molecule has 0 saturated heterocycles. The maximum Gasteiger partial charge on any atom is 0.209 e. The maximum atomic E-state index is 5.25. The fourth-order valence-corrected chi connectivity index (χ4v) is 3.20. The minimum Gasteiger partial charge on any atom is -0.497 e. The number of hydrogen-bond acceptors (Lipinski definition) is 6. The van der Waals surface area contributed by atoms with Gasteiger partial charge < -0.3 is 10.1 Å². The van der Waals surface area contributed by atoms with Crippen LogP contribution in [0.2, 0.25) is 0 Å². The van der Waals surface area contributed by atoms with Crippen LogP contribution in [0.15, 0.2) is 27.8 Å². The summed E-state index contributed by atoms with van der Waals surface area (Å²) in [7, 11) is 1.67. The van der Waals surface area contributed by atoms with Crippen molar-refractivity contribution >= 4 is 27.7 Å². The lowest BCUT2D eigenvalue weighted by Crippen LogP contribution is -2.20. The maximum absolute atomic E-state index is 5.25. The van der Waals surface area contributed by atoms with E-state index in [4.69, 9.17) is 4.74 Å².